The van der Waals surface area contributed by atoms with Crippen molar-refractivity contribution >= 4 is 59.1 Å². The minimum absolute atomic E-state index is 0.600. The first-order valence-electron chi connectivity index (χ1n) is 4.88. The molecule has 0 spiro atoms. The van der Waals surface area contributed by atoms with Gasteiger partial charge in [-0.05, 0) is 50.4 Å². The minimum Gasteiger partial charge on any atom is -0.383 e. The van der Waals surface area contributed by atoms with Crippen molar-refractivity contribution in [3.63, 3.8) is 0 Å². The number of aliphatic hydroxyl groups excluding tert-OH is 1. The lowest BCUT2D eigenvalue weighted by Crippen LogP contribution is -1.99. The lowest BCUT2D eigenvalue weighted by atomic mass is 10.1. The standard InChI is InChI=1S/C12H9Br3OS/c1-6-3-2-4-7(10(6)14)11(16)9-5-8(13)12(15)17-9/h2-5,11,16H,1H3. The number of thiophene rings is 1. The van der Waals surface area contributed by atoms with Gasteiger partial charge >= 0.3 is 0 Å². The molecule has 1 aromatic heterocycles. The summed E-state index contributed by atoms with van der Waals surface area (Å²) in [5.41, 5.74) is 2.02. The van der Waals surface area contributed by atoms with Crippen molar-refractivity contribution in [1.82, 2.24) is 0 Å². The van der Waals surface area contributed by atoms with Gasteiger partial charge in [0.2, 0.25) is 0 Å². The largest absolute Gasteiger partial charge is 0.383 e. The fourth-order valence-electron chi connectivity index (χ4n) is 1.53. The Labute approximate surface area is 129 Å². The Morgan fingerprint density at radius 3 is 2.53 bits per heavy atom. The maximum Gasteiger partial charge on any atom is 0.114 e. The highest BCUT2D eigenvalue weighted by molar-refractivity contribution is 9.13. The SMILES string of the molecule is Cc1cccc(C(O)c2cc(Br)c(Br)s2)c1Br. The zero-order valence-corrected chi connectivity index (χ0v) is 14.5. The molecule has 90 valence electrons. The molecule has 17 heavy (non-hydrogen) atoms. The molecule has 1 nitrogen and oxygen atoms in total. The van der Waals surface area contributed by atoms with Crippen molar-refractivity contribution in [3.8, 4) is 0 Å². The zero-order chi connectivity index (χ0) is 12.6. The van der Waals surface area contributed by atoms with E-state index in [2.05, 4.69) is 47.8 Å². The summed E-state index contributed by atoms with van der Waals surface area (Å²) in [5, 5.41) is 10.4. The highest BCUT2D eigenvalue weighted by atomic mass is 79.9. The molecule has 1 unspecified atom stereocenters. The molecule has 2 aromatic rings. The molecule has 0 aliphatic rings. The van der Waals surface area contributed by atoms with Gasteiger partial charge in [-0.3, -0.25) is 0 Å². The molecule has 0 bridgehead atoms. The van der Waals surface area contributed by atoms with Gasteiger partial charge in [0.15, 0.2) is 0 Å². The fraction of sp³-hybridized carbons (Fsp3) is 0.167. The number of aryl methyl sites for hydroxylation is 1. The average Bonchev–Trinajstić information content (AvgIpc) is 2.62. The Morgan fingerprint density at radius 2 is 1.94 bits per heavy atom. The summed E-state index contributed by atoms with van der Waals surface area (Å²) in [7, 11) is 0. The first kappa shape index (κ1) is 13.7. The summed E-state index contributed by atoms with van der Waals surface area (Å²) in [6.07, 6.45) is -0.600. The number of halogens is 3. The van der Waals surface area contributed by atoms with Crippen LogP contribution in [0.1, 0.15) is 22.1 Å². The molecule has 0 fully saturated rings. The second kappa shape index (κ2) is 5.53. The summed E-state index contributed by atoms with van der Waals surface area (Å²) in [5.74, 6) is 0. The van der Waals surface area contributed by atoms with Crippen molar-refractivity contribution in [2.75, 3.05) is 0 Å². The van der Waals surface area contributed by atoms with Gasteiger partial charge < -0.3 is 5.11 Å². The molecule has 0 saturated heterocycles. The van der Waals surface area contributed by atoms with Crippen LogP contribution < -0.4 is 0 Å². The van der Waals surface area contributed by atoms with Crippen LogP contribution in [0.3, 0.4) is 0 Å². The highest BCUT2D eigenvalue weighted by Crippen LogP contribution is 2.39. The zero-order valence-electron chi connectivity index (χ0n) is 8.88. The molecular weight excluding hydrogens is 432 g/mol. The van der Waals surface area contributed by atoms with Crippen LogP contribution in [0.25, 0.3) is 0 Å². The van der Waals surface area contributed by atoms with Crippen LogP contribution in [0, 0.1) is 6.92 Å². The van der Waals surface area contributed by atoms with E-state index in [0.29, 0.717) is 0 Å². The molecular formula is C12H9Br3OS. The normalized spacial score (nSPS) is 12.8. The Hall–Kier alpha value is 0.320. The summed E-state index contributed by atoms with van der Waals surface area (Å²) in [6.45, 7) is 2.01. The predicted molar refractivity (Wildman–Crippen MR) is 82.7 cm³/mol. The third-order valence-electron chi connectivity index (χ3n) is 2.45. The maximum atomic E-state index is 10.4. The van der Waals surface area contributed by atoms with Crippen molar-refractivity contribution < 1.29 is 5.11 Å². The Bertz CT molecular complexity index is 531. The predicted octanol–water partition coefficient (Wildman–Crippen LogP) is 5.43. The van der Waals surface area contributed by atoms with E-state index in [1.165, 1.54) is 11.3 Å². The Morgan fingerprint density at radius 1 is 1.24 bits per heavy atom. The van der Waals surface area contributed by atoms with Gasteiger partial charge in [0.1, 0.15) is 6.10 Å². The molecule has 0 saturated carbocycles. The molecule has 0 amide bonds. The Balaban J connectivity index is 2.43. The number of hydrogen-bond acceptors (Lipinski definition) is 2. The van der Waals surface area contributed by atoms with E-state index in [-0.39, 0.29) is 0 Å². The Kier molecular flexibility index (Phi) is 4.47. The molecule has 1 aromatic carbocycles. The molecule has 0 radical (unpaired) electrons. The smallest absolute Gasteiger partial charge is 0.114 e. The van der Waals surface area contributed by atoms with Gasteiger partial charge in [0, 0.05) is 19.4 Å². The summed E-state index contributed by atoms with van der Waals surface area (Å²) in [6, 6.07) is 7.84. The third-order valence-corrected chi connectivity index (χ3v) is 6.84. The molecule has 1 heterocycles. The molecule has 0 aliphatic carbocycles. The van der Waals surface area contributed by atoms with Crippen LogP contribution in [0.4, 0.5) is 0 Å². The second-order valence-electron chi connectivity index (χ2n) is 3.65. The first-order valence-corrected chi connectivity index (χ1v) is 8.08. The summed E-state index contributed by atoms with van der Waals surface area (Å²) >= 11 is 11.9. The lowest BCUT2D eigenvalue weighted by Gasteiger charge is -2.12. The molecule has 1 N–H and O–H groups in total. The van der Waals surface area contributed by atoms with Crippen molar-refractivity contribution in [3.05, 3.63) is 53.0 Å². The monoisotopic (exact) mass is 438 g/mol. The fourth-order valence-corrected chi connectivity index (χ4v) is 4.11. The van der Waals surface area contributed by atoms with Gasteiger partial charge in [0.05, 0.1) is 3.79 Å². The minimum atomic E-state index is -0.600. The highest BCUT2D eigenvalue weighted by Gasteiger charge is 2.18. The first-order chi connectivity index (χ1) is 8.00. The molecule has 0 aliphatic heterocycles. The van der Waals surface area contributed by atoms with Crippen LogP contribution in [0.15, 0.2) is 37.0 Å². The third kappa shape index (κ3) is 2.84. The number of rotatable bonds is 2. The number of aliphatic hydroxyl groups is 1. The van der Waals surface area contributed by atoms with Gasteiger partial charge in [-0.2, -0.15) is 0 Å². The summed E-state index contributed by atoms with van der Waals surface area (Å²) < 4.78 is 2.93. The van der Waals surface area contributed by atoms with E-state index in [1.807, 2.05) is 31.2 Å². The maximum absolute atomic E-state index is 10.4. The van der Waals surface area contributed by atoms with E-state index in [4.69, 9.17) is 0 Å². The van der Waals surface area contributed by atoms with Crippen LogP contribution in [-0.2, 0) is 0 Å². The van der Waals surface area contributed by atoms with Crippen LogP contribution in [0.5, 0.6) is 0 Å². The molecule has 5 heteroatoms. The van der Waals surface area contributed by atoms with Crippen LogP contribution >= 0.6 is 59.1 Å². The second-order valence-corrected chi connectivity index (χ2v) is 7.70. The van der Waals surface area contributed by atoms with Gasteiger partial charge in [-0.1, -0.05) is 34.1 Å². The van der Waals surface area contributed by atoms with E-state index in [1.54, 1.807) is 0 Å². The van der Waals surface area contributed by atoms with Crippen molar-refractivity contribution in [2.45, 2.75) is 13.0 Å². The van der Waals surface area contributed by atoms with E-state index >= 15 is 0 Å². The number of benzene rings is 1. The van der Waals surface area contributed by atoms with Gasteiger partial charge in [-0.15, -0.1) is 11.3 Å². The van der Waals surface area contributed by atoms with Crippen molar-refractivity contribution in [2.24, 2.45) is 0 Å². The number of hydrogen-bond donors (Lipinski definition) is 1. The molecule has 2 rings (SSSR count). The van der Waals surface area contributed by atoms with Crippen LogP contribution in [0.2, 0.25) is 0 Å². The van der Waals surface area contributed by atoms with Gasteiger partial charge in [0.25, 0.3) is 0 Å². The van der Waals surface area contributed by atoms with Crippen molar-refractivity contribution in [1.29, 1.82) is 0 Å². The lowest BCUT2D eigenvalue weighted by molar-refractivity contribution is 0.223. The van der Waals surface area contributed by atoms with E-state index in [9.17, 15) is 5.11 Å². The molecule has 1 atom stereocenters. The van der Waals surface area contributed by atoms with Gasteiger partial charge in [-0.25, -0.2) is 0 Å². The average molecular weight is 441 g/mol. The van der Waals surface area contributed by atoms with Crippen LogP contribution in [-0.4, -0.2) is 5.11 Å². The summed E-state index contributed by atoms with van der Waals surface area (Å²) in [4.78, 5) is 0.912. The quantitative estimate of drug-likeness (QED) is 0.660. The topological polar surface area (TPSA) is 20.2 Å². The van der Waals surface area contributed by atoms with E-state index < -0.39 is 6.10 Å². The van der Waals surface area contributed by atoms with E-state index in [0.717, 1.165) is 28.7 Å².